The van der Waals surface area contributed by atoms with Crippen molar-refractivity contribution in [2.75, 3.05) is 17.6 Å². The van der Waals surface area contributed by atoms with Crippen molar-refractivity contribution < 1.29 is 0 Å². The van der Waals surface area contributed by atoms with E-state index in [1.54, 1.807) is 0 Å². The zero-order valence-corrected chi connectivity index (χ0v) is 14.7. The minimum absolute atomic E-state index is 0.730. The molecule has 0 radical (unpaired) electrons. The molecule has 1 aliphatic rings. The number of rotatable bonds is 5. The Hall–Kier alpha value is -0.740. The zero-order chi connectivity index (χ0) is 15.1. The molecule has 1 fully saturated rings. The number of thioether (sulfide) groups is 1. The maximum absolute atomic E-state index is 5.38. The van der Waals surface area contributed by atoms with E-state index in [1.165, 1.54) is 43.2 Å². The molecule has 0 saturated heterocycles. The third kappa shape index (κ3) is 5.87. The molecule has 4 heteroatoms. The summed E-state index contributed by atoms with van der Waals surface area (Å²) < 4.78 is 0. The van der Waals surface area contributed by atoms with E-state index in [9.17, 15) is 0 Å². The van der Waals surface area contributed by atoms with E-state index < -0.39 is 0 Å². The van der Waals surface area contributed by atoms with Crippen LogP contribution in [0.25, 0.3) is 0 Å². The fourth-order valence-corrected chi connectivity index (χ4v) is 4.09. The molecule has 0 heterocycles. The van der Waals surface area contributed by atoms with Crippen molar-refractivity contribution in [3.05, 3.63) is 29.3 Å². The average Bonchev–Trinajstić information content (AvgIpc) is 2.48. The maximum Gasteiger partial charge on any atom is 0.170 e. The molecule has 0 spiro atoms. The van der Waals surface area contributed by atoms with Crippen molar-refractivity contribution in [2.24, 2.45) is 0 Å². The highest BCUT2D eigenvalue weighted by Crippen LogP contribution is 2.27. The lowest BCUT2D eigenvalue weighted by Crippen LogP contribution is -2.31. The minimum atomic E-state index is 0.730. The molecule has 0 unspecified atom stereocenters. The number of thiocarbonyl (C=S) groups is 1. The van der Waals surface area contributed by atoms with Crippen LogP contribution in [0.2, 0.25) is 0 Å². The molecule has 1 saturated carbocycles. The zero-order valence-electron chi connectivity index (χ0n) is 13.1. The molecule has 1 aromatic rings. The van der Waals surface area contributed by atoms with Crippen molar-refractivity contribution in [1.29, 1.82) is 0 Å². The van der Waals surface area contributed by atoms with Gasteiger partial charge in [-0.25, -0.2) is 0 Å². The van der Waals surface area contributed by atoms with Crippen molar-refractivity contribution in [2.45, 2.75) is 51.2 Å². The van der Waals surface area contributed by atoms with E-state index in [1.807, 2.05) is 0 Å². The fraction of sp³-hybridized carbons (Fsp3) is 0.588. The van der Waals surface area contributed by atoms with Gasteiger partial charge in [-0.2, -0.15) is 11.8 Å². The van der Waals surface area contributed by atoms with Crippen LogP contribution in [0.5, 0.6) is 0 Å². The monoisotopic (exact) mass is 322 g/mol. The number of aryl methyl sites for hydroxylation is 2. The first kappa shape index (κ1) is 16.6. The lowest BCUT2D eigenvalue weighted by molar-refractivity contribution is 0.516. The van der Waals surface area contributed by atoms with Gasteiger partial charge < -0.3 is 10.6 Å². The topological polar surface area (TPSA) is 24.1 Å². The Morgan fingerprint density at radius 1 is 1.24 bits per heavy atom. The third-order valence-electron chi connectivity index (χ3n) is 3.93. The van der Waals surface area contributed by atoms with Crippen LogP contribution in [-0.2, 0) is 0 Å². The Bertz CT molecular complexity index is 468. The van der Waals surface area contributed by atoms with Crippen LogP contribution in [0, 0.1) is 13.8 Å². The highest BCUT2D eigenvalue weighted by atomic mass is 32.2. The van der Waals surface area contributed by atoms with Crippen molar-refractivity contribution in [1.82, 2.24) is 5.32 Å². The van der Waals surface area contributed by atoms with Gasteiger partial charge in [-0.05, 0) is 56.1 Å². The number of nitrogens with one attached hydrogen (secondary N) is 2. The second-order valence-corrected chi connectivity index (χ2v) is 7.65. The molecule has 2 rings (SSSR count). The molecule has 0 bridgehead atoms. The summed E-state index contributed by atoms with van der Waals surface area (Å²) in [7, 11) is 0. The largest absolute Gasteiger partial charge is 0.362 e. The van der Waals surface area contributed by atoms with Crippen LogP contribution in [-0.4, -0.2) is 22.7 Å². The molecular weight excluding hydrogens is 296 g/mol. The molecule has 0 atom stereocenters. The maximum atomic E-state index is 5.38. The molecule has 0 aromatic heterocycles. The van der Waals surface area contributed by atoms with Crippen LogP contribution < -0.4 is 10.6 Å². The Balaban J connectivity index is 1.66. The highest BCUT2D eigenvalue weighted by Gasteiger charge is 2.13. The smallest absolute Gasteiger partial charge is 0.170 e. The lowest BCUT2D eigenvalue weighted by atomic mass is 10.0. The molecular formula is C17H26N2S2. The predicted molar refractivity (Wildman–Crippen MR) is 99.5 cm³/mol. The van der Waals surface area contributed by atoms with Crippen LogP contribution in [0.1, 0.15) is 43.2 Å². The predicted octanol–water partition coefficient (Wildman–Crippen LogP) is 4.66. The summed E-state index contributed by atoms with van der Waals surface area (Å²) in [6.45, 7) is 5.14. The van der Waals surface area contributed by atoms with Crippen molar-refractivity contribution in [3.63, 3.8) is 0 Å². The van der Waals surface area contributed by atoms with Gasteiger partial charge in [0.25, 0.3) is 0 Å². The molecule has 2 nitrogen and oxygen atoms in total. The number of hydrogen-bond acceptors (Lipinski definition) is 2. The van der Waals surface area contributed by atoms with Gasteiger partial charge in [-0.15, -0.1) is 0 Å². The van der Waals surface area contributed by atoms with Gasteiger partial charge in [-0.1, -0.05) is 31.4 Å². The Morgan fingerprint density at radius 2 is 2.00 bits per heavy atom. The average molecular weight is 323 g/mol. The van der Waals surface area contributed by atoms with Gasteiger partial charge in [0, 0.05) is 23.2 Å². The Labute approximate surface area is 138 Å². The molecule has 0 aliphatic heterocycles. The summed E-state index contributed by atoms with van der Waals surface area (Å²) >= 11 is 7.48. The second-order valence-electron chi connectivity index (χ2n) is 5.83. The summed E-state index contributed by atoms with van der Waals surface area (Å²) in [5.74, 6) is 1.14. The van der Waals surface area contributed by atoms with Gasteiger partial charge in [-0.3, -0.25) is 0 Å². The first-order valence-electron chi connectivity index (χ1n) is 7.89. The molecule has 21 heavy (non-hydrogen) atoms. The first-order valence-corrected chi connectivity index (χ1v) is 9.34. The Kier molecular flexibility index (Phi) is 6.84. The van der Waals surface area contributed by atoms with Crippen LogP contribution >= 0.6 is 24.0 Å². The molecule has 2 N–H and O–H groups in total. The van der Waals surface area contributed by atoms with E-state index in [0.29, 0.717) is 0 Å². The van der Waals surface area contributed by atoms with Gasteiger partial charge in [0.2, 0.25) is 0 Å². The molecule has 1 aromatic carbocycles. The number of benzene rings is 1. The van der Waals surface area contributed by atoms with Crippen LogP contribution in [0.3, 0.4) is 0 Å². The van der Waals surface area contributed by atoms with Gasteiger partial charge >= 0.3 is 0 Å². The third-order valence-corrected chi connectivity index (χ3v) is 5.56. The summed E-state index contributed by atoms with van der Waals surface area (Å²) in [4.78, 5) is 0. The second kappa shape index (κ2) is 8.64. The molecule has 116 valence electrons. The van der Waals surface area contributed by atoms with E-state index in [0.717, 1.165) is 28.3 Å². The van der Waals surface area contributed by atoms with Crippen LogP contribution in [0.15, 0.2) is 18.2 Å². The quantitative estimate of drug-likeness (QED) is 0.608. The molecule has 1 aliphatic carbocycles. The fourth-order valence-electron chi connectivity index (χ4n) is 2.66. The van der Waals surface area contributed by atoms with Gasteiger partial charge in [0.05, 0.1) is 0 Å². The minimum Gasteiger partial charge on any atom is -0.362 e. The van der Waals surface area contributed by atoms with E-state index in [-0.39, 0.29) is 0 Å². The standard InChI is InChI=1S/C17H26N2S2/c1-13-8-9-14(2)16(12-13)19-17(20)18-10-11-21-15-6-4-3-5-7-15/h8-9,12,15H,3-7,10-11H2,1-2H3,(H2,18,19,20). The number of hydrogen-bond donors (Lipinski definition) is 2. The SMILES string of the molecule is Cc1ccc(C)c(NC(=S)NCCSC2CCCCC2)c1. The van der Waals surface area contributed by atoms with Crippen LogP contribution in [0.4, 0.5) is 5.69 Å². The summed E-state index contributed by atoms with van der Waals surface area (Å²) in [6.07, 6.45) is 7.06. The van der Waals surface area contributed by atoms with Gasteiger partial charge in [0.1, 0.15) is 0 Å². The summed E-state index contributed by atoms with van der Waals surface area (Å²) in [6, 6.07) is 6.39. The lowest BCUT2D eigenvalue weighted by Gasteiger charge is -2.21. The van der Waals surface area contributed by atoms with E-state index in [4.69, 9.17) is 12.2 Å². The highest BCUT2D eigenvalue weighted by molar-refractivity contribution is 7.99. The first-order chi connectivity index (χ1) is 10.1. The summed E-state index contributed by atoms with van der Waals surface area (Å²) in [5, 5.41) is 8.22. The van der Waals surface area contributed by atoms with Crippen molar-refractivity contribution >= 4 is 34.8 Å². The van der Waals surface area contributed by atoms with Crippen molar-refractivity contribution in [3.8, 4) is 0 Å². The summed E-state index contributed by atoms with van der Waals surface area (Å²) in [5.41, 5.74) is 3.58. The van der Waals surface area contributed by atoms with E-state index >= 15 is 0 Å². The molecule has 0 amide bonds. The normalized spacial score (nSPS) is 15.7. The number of anilines is 1. The van der Waals surface area contributed by atoms with Gasteiger partial charge in [0.15, 0.2) is 5.11 Å². The van der Waals surface area contributed by atoms with E-state index in [2.05, 4.69) is 54.4 Å². The Morgan fingerprint density at radius 3 is 2.76 bits per heavy atom.